The van der Waals surface area contributed by atoms with Crippen LogP contribution < -0.4 is 5.32 Å². The van der Waals surface area contributed by atoms with Gasteiger partial charge < -0.3 is 10.1 Å². The van der Waals surface area contributed by atoms with Gasteiger partial charge in [0.15, 0.2) is 0 Å². The number of nitrogens with one attached hydrogen (secondary N) is 1. The second-order valence-electron chi connectivity index (χ2n) is 6.60. The van der Waals surface area contributed by atoms with Crippen LogP contribution in [0.15, 0.2) is 54.2 Å². The lowest BCUT2D eigenvalue weighted by Crippen LogP contribution is -2.34. The summed E-state index contributed by atoms with van der Waals surface area (Å²) in [5.74, 6) is -0.564. The predicted molar refractivity (Wildman–Crippen MR) is 106 cm³/mol. The van der Waals surface area contributed by atoms with Crippen LogP contribution in [0.5, 0.6) is 0 Å². The summed E-state index contributed by atoms with van der Waals surface area (Å²) in [4.78, 5) is 27.4. The average Bonchev–Trinajstić information content (AvgIpc) is 2.90. The number of ether oxygens (including phenoxy) is 1. The number of nitrogens with zero attached hydrogens (tertiary/aromatic N) is 1. The first kappa shape index (κ1) is 18.9. The number of methoxy groups -OCH3 is 1. The molecule has 0 bridgehead atoms. The van der Waals surface area contributed by atoms with Gasteiger partial charge in [0.2, 0.25) is 0 Å². The van der Waals surface area contributed by atoms with Crippen LogP contribution in [0.2, 0.25) is 0 Å². The monoisotopic (exact) mass is 364 g/mol. The minimum Gasteiger partial charge on any atom is -0.385 e. The Morgan fingerprint density at radius 2 is 1.70 bits per heavy atom. The van der Waals surface area contributed by atoms with Crippen molar-refractivity contribution in [2.24, 2.45) is 0 Å². The van der Waals surface area contributed by atoms with Crippen LogP contribution in [0, 0.1) is 13.8 Å². The zero-order valence-electron chi connectivity index (χ0n) is 15.9. The van der Waals surface area contributed by atoms with Crippen molar-refractivity contribution in [2.45, 2.75) is 20.3 Å². The van der Waals surface area contributed by atoms with Crippen LogP contribution in [-0.2, 0) is 14.3 Å². The number of amides is 2. The van der Waals surface area contributed by atoms with Crippen molar-refractivity contribution < 1.29 is 14.3 Å². The molecule has 0 atom stereocenters. The van der Waals surface area contributed by atoms with Crippen LogP contribution in [-0.4, -0.2) is 37.0 Å². The van der Waals surface area contributed by atoms with Crippen molar-refractivity contribution >= 4 is 23.1 Å². The molecule has 0 saturated carbocycles. The van der Waals surface area contributed by atoms with Crippen LogP contribution in [0.3, 0.4) is 0 Å². The van der Waals surface area contributed by atoms with Gasteiger partial charge in [-0.2, -0.15) is 0 Å². The van der Waals surface area contributed by atoms with Crippen LogP contribution in [0.25, 0.3) is 5.57 Å². The van der Waals surface area contributed by atoms with Gasteiger partial charge in [0.05, 0.1) is 5.57 Å². The van der Waals surface area contributed by atoms with Gasteiger partial charge in [-0.25, -0.2) is 0 Å². The predicted octanol–water partition coefficient (Wildman–Crippen LogP) is 3.53. The van der Waals surface area contributed by atoms with Gasteiger partial charge in [0.1, 0.15) is 5.70 Å². The number of anilines is 1. The van der Waals surface area contributed by atoms with Gasteiger partial charge >= 0.3 is 0 Å². The first-order valence-electron chi connectivity index (χ1n) is 9.02. The van der Waals surface area contributed by atoms with E-state index in [1.54, 1.807) is 7.11 Å². The molecule has 0 spiro atoms. The summed E-state index contributed by atoms with van der Waals surface area (Å²) in [7, 11) is 1.61. The van der Waals surface area contributed by atoms with E-state index in [1.165, 1.54) is 4.90 Å². The van der Waals surface area contributed by atoms with Crippen LogP contribution in [0.1, 0.15) is 23.1 Å². The number of benzene rings is 2. The minimum absolute atomic E-state index is 0.268. The smallest absolute Gasteiger partial charge is 0.278 e. The van der Waals surface area contributed by atoms with Gasteiger partial charge in [0, 0.05) is 25.9 Å². The van der Waals surface area contributed by atoms with E-state index < -0.39 is 0 Å². The molecule has 2 aromatic carbocycles. The van der Waals surface area contributed by atoms with E-state index in [1.807, 2.05) is 62.4 Å². The summed E-state index contributed by atoms with van der Waals surface area (Å²) >= 11 is 0. The van der Waals surface area contributed by atoms with E-state index in [9.17, 15) is 9.59 Å². The second kappa shape index (κ2) is 8.18. The Kier molecular flexibility index (Phi) is 5.72. The molecule has 140 valence electrons. The minimum atomic E-state index is -0.295. The SMILES string of the molecule is COCCCN1C(=O)C(Nc2cccc(C)c2C)=C(c2ccccc2)C1=O. The van der Waals surface area contributed by atoms with Crippen LogP contribution >= 0.6 is 0 Å². The average molecular weight is 364 g/mol. The zero-order valence-corrected chi connectivity index (χ0v) is 15.9. The summed E-state index contributed by atoms with van der Waals surface area (Å²) in [6.07, 6.45) is 0.604. The first-order valence-corrected chi connectivity index (χ1v) is 9.02. The maximum absolute atomic E-state index is 13.0. The third-order valence-corrected chi connectivity index (χ3v) is 4.82. The lowest BCUT2D eigenvalue weighted by molar-refractivity contribution is -0.136. The highest BCUT2D eigenvalue weighted by Crippen LogP contribution is 2.31. The Balaban J connectivity index is 2.01. The molecular formula is C22H24N2O3. The number of carbonyl (C=O) groups excluding carboxylic acids is 2. The molecule has 0 radical (unpaired) electrons. The summed E-state index contributed by atoms with van der Waals surface area (Å²) in [5, 5.41) is 3.24. The summed E-state index contributed by atoms with van der Waals surface area (Å²) in [6, 6.07) is 15.2. The van der Waals surface area contributed by atoms with E-state index in [0.717, 1.165) is 22.4 Å². The molecular weight excluding hydrogens is 340 g/mol. The summed E-state index contributed by atoms with van der Waals surface area (Å²) in [6.45, 7) is 4.85. The Hall–Kier alpha value is -2.92. The molecule has 0 aromatic heterocycles. The molecule has 0 unspecified atom stereocenters. The molecule has 0 saturated heterocycles. The third-order valence-electron chi connectivity index (χ3n) is 4.82. The molecule has 1 aliphatic heterocycles. The van der Waals surface area contributed by atoms with Crippen LogP contribution in [0.4, 0.5) is 5.69 Å². The summed E-state index contributed by atoms with van der Waals surface area (Å²) in [5.41, 5.74) is 4.48. The van der Waals surface area contributed by atoms with E-state index in [0.29, 0.717) is 30.8 Å². The molecule has 3 rings (SSSR count). The number of imide groups is 1. The Labute approximate surface area is 159 Å². The number of hydrogen-bond donors (Lipinski definition) is 1. The molecule has 0 aliphatic carbocycles. The van der Waals surface area contributed by atoms with Gasteiger partial charge in [-0.1, -0.05) is 42.5 Å². The van der Waals surface area contributed by atoms with Gasteiger partial charge in [-0.05, 0) is 43.0 Å². The van der Waals surface area contributed by atoms with Gasteiger partial charge in [-0.15, -0.1) is 0 Å². The molecule has 1 N–H and O–H groups in total. The Bertz CT molecular complexity index is 888. The van der Waals surface area contributed by atoms with Gasteiger partial charge in [0.25, 0.3) is 11.8 Å². The molecule has 27 heavy (non-hydrogen) atoms. The number of aryl methyl sites for hydroxylation is 1. The zero-order chi connectivity index (χ0) is 19.4. The molecule has 0 fully saturated rings. The molecule has 1 aliphatic rings. The van der Waals surface area contributed by atoms with Crippen molar-refractivity contribution in [3.63, 3.8) is 0 Å². The molecule has 1 heterocycles. The molecule has 2 aromatic rings. The fraction of sp³-hybridized carbons (Fsp3) is 0.273. The second-order valence-corrected chi connectivity index (χ2v) is 6.60. The van der Waals surface area contributed by atoms with Crippen molar-refractivity contribution in [1.29, 1.82) is 0 Å². The molecule has 5 heteroatoms. The Morgan fingerprint density at radius 3 is 2.41 bits per heavy atom. The highest BCUT2D eigenvalue weighted by Gasteiger charge is 2.38. The summed E-state index contributed by atoms with van der Waals surface area (Å²) < 4.78 is 5.06. The van der Waals surface area contributed by atoms with E-state index in [-0.39, 0.29) is 11.8 Å². The maximum Gasteiger partial charge on any atom is 0.278 e. The van der Waals surface area contributed by atoms with Crippen molar-refractivity contribution in [3.05, 3.63) is 70.9 Å². The lowest BCUT2D eigenvalue weighted by Gasteiger charge is -2.15. The quantitative estimate of drug-likeness (QED) is 0.603. The normalized spacial score (nSPS) is 14.3. The lowest BCUT2D eigenvalue weighted by atomic mass is 10.0. The fourth-order valence-electron chi connectivity index (χ4n) is 3.16. The van der Waals surface area contributed by atoms with E-state index >= 15 is 0 Å². The van der Waals surface area contributed by atoms with Crippen molar-refractivity contribution in [3.8, 4) is 0 Å². The van der Waals surface area contributed by atoms with Gasteiger partial charge in [-0.3, -0.25) is 14.5 Å². The fourth-order valence-corrected chi connectivity index (χ4v) is 3.16. The maximum atomic E-state index is 13.0. The third kappa shape index (κ3) is 3.78. The number of carbonyl (C=O) groups is 2. The number of hydrogen-bond acceptors (Lipinski definition) is 4. The highest BCUT2D eigenvalue weighted by atomic mass is 16.5. The highest BCUT2D eigenvalue weighted by molar-refractivity contribution is 6.36. The molecule has 5 nitrogen and oxygen atoms in total. The Morgan fingerprint density at radius 1 is 0.963 bits per heavy atom. The van der Waals surface area contributed by atoms with Crippen molar-refractivity contribution in [1.82, 2.24) is 4.90 Å². The standard InChI is InChI=1S/C22H24N2O3/c1-15-9-7-12-18(16(15)2)23-20-19(17-10-5-4-6-11-17)21(25)24(22(20)26)13-8-14-27-3/h4-7,9-12,23H,8,13-14H2,1-3H3. The first-order chi connectivity index (χ1) is 13.0. The van der Waals surface area contributed by atoms with Crippen molar-refractivity contribution in [2.75, 3.05) is 25.6 Å². The largest absolute Gasteiger partial charge is 0.385 e. The topological polar surface area (TPSA) is 58.6 Å². The van der Waals surface area contributed by atoms with E-state index in [2.05, 4.69) is 5.32 Å². The molecule has 2 amide bonds. The van der Waals surface area contributed by atoms with E-state index in [4.69, 9.17) is 4.74 Å². The number of rotatable bonds is 7.